The highest BCUT2D eigenvalue weighted by atomic mass is 16.6. The van der Waals surface area contributed by atoms with Crippen molar-refractivity contribution < 1.29 is 9.72 Å². The van der Waals surface area contributed by atoms with E-state index in [2.05, 4.69) is 11.4 Å². The summed E-state index contributed by atoms with van der Waals surface area (Å²) in [5, 5.41) is 22.6. The summed E-state index contributed by atoms with van der Waals surface area (Å²) in [6.45, 7) is 4.37. The molecule has 1 atom stereocenters. The average Bonchev–Trinajstić information content (AvgIpc) is 2.46. The van der Waals surface area contributed by atoms with E-state index < -0.39 is 4.92 Å². The van der Waals surface area contributed by atoms with Crippen LogP contribution in [0.4, 0.5) is 11.4 Å². The molecule has 0 saturated carbocycles. The van der Waals surface area contributed by atoms with Crippen molar-refractivity contribution in [2.75, 3.05) is 25.5 Å². The van der Waals surface area contributed by atoms with Gasteiger partial charge < -0.3 is 10.2 Å². The number of hydrogen-bond acceptors (Lipinski definition) is 5. The van der Waals surface area contributed by atoms with E-state index in [4.69, 9.17) is 5.26 Å². The van der Waals surface area contributed by atoms with Crippen molar-refractivity contribution in [1.29, 1.82) is 5.26 Å². The Morgan fingerprint density at radius 2 is 2.24 bits per heavy atom. The molecule has 7 heteroatoms. The van der Waals surface area contributed by atoms with Crippen molar-refractivity contribution in [2.45, 2.75) is 13.8 Å². The molecule has 1 unspecified atom stereocenters. The second-order valence-corrected chi connectivity index (χ2v) is 4.74. The topological polar surface area (TPSA) is 99.3 Å². The van der Waals surface area contributed by atoms with Crippen LogP contribution in [-0.4, -0.2) is 35.9 Å². The van der Waals surface area contributed by atoms with Gasteiger partial charge in [0.15, 0.2) is 0 Å². The zero-order valence-corrected chi connectivity index (χ0v) is 12.3. The van der Waals surface area contributed by atoms with Crippen LogP contribution in [0.25, 0.3) is 0 Å². The van der Waals surface area contributed by atoms with Crippen LogP contribution in [0.1, 0.15) is 24.2 Å². The predicted octanol–water partition coefficient (Wildman–Crippen LogP) is 2.26. The third-order valence-electron chi connectivity index (χ3n) is 2.92. The van der Waals surface area contributed by atoms with Gasteiger partial charge in [-0.2, -0.15) is 5.26 Å². The van der Waals surface area contributed by atoms with Crippen molar-refractivity contribution in [3.63, 3.8) is 0 Å². The smallest absolute Gasteiger partial charge is 0.292 e. The summed E-state index contributed by atoms with van der Waals surface area (Å²) in [4.78, 5) is 24.1. The van der Waals surface area contributed by atoms with Crippen LogP contribution in [0.5, 0.6) is 0 Å². The van der Waals surface area contributed by atoms with Crippen molar-refractivity contribution in [1.82, 2.24) is 4.90 Å². The molecule has 112 valence electrons. The molecule has 7 nitrogen and oxygen atoms in total. The SMILES string of the molecule is CCNc1cc(C(=O)N(C)CC(C)C#N)ccc1[N+](=O)[O-]. The monoisotopic (exact) mass is 290 g/mol. The number of nitro benzene ring substituents is 1. The van der Waals surface area contributed by atoms with Crippen LogP contribution < -0.4 is 5.32 Å². The molecule has 1 rings (SSSR count). The summed E-state index contributed by atoms with van der Waals surface area (Å²) in [6, 6.07) is 6.27. The minimum Gasteiger partial charge on any atom is -0.380 e. The Bertz CT molecular complexity index is 580. The lowest BCUT2D eigenvalue weighted by molar-refractivity contribution is -0.384. The minimum absolute atomic E-state index is 0.0681. The van der Waals surface area contributed by atoms with Gasteiger partial charge in [0.05, 0.1) is 16.9 Å². The molecule has 0 aliphatic rings. The molecule has 0 heterocycles. The number of nitrogens with one attached hydrogen (secondary N) is 1. The molecule has 0 bridgehead atoms. The number of rotatable bonds is 6. The minimum atomic E-state index is -0.492. The number of carbonyl (C=O) groups is 1. The first-order chi connectivity index (χ1) is 9.90. The zero-order chi connectivity index (χ0) is 16.0. The van der Waals surface area contributed by atoms with Gasteiger partial charge in [0, 0.05) is 31.8 Å². The number of benzene rings is 1. The van der Waals surface area contributed by atoms with Crippen LogP contribution in [-0.2, 0) is 0 Å². The fourth-order valence-electron chi connectivity index (χ4n) is 1.92. The first-order valence-electron chi connectivity index (χ1n) is 6.58. The summed E-state index contributed by atoms with van der Waals surface area (Å²) >= 11 is 0. The predicted molar refractivity (Wildman–Crippen MR) is 79.0 cm³/mol. The molecule has 0 fully saturated rings. The second kappa shape index (κ2) is 7.24. The molecule has 0 saturated heterocycles. The van der Waals surface area contributed by atoms with Gasteiger partial charge >= 0.3 is 0 Å². The Balaban J connectivity index is 3.03. The van der Waals surface area contributed by atoms with Gasteiger partial charge in [-0.1, -0.05) is 0 Å². The van der Waals surface area contributed by atoms with E-state index in [-0.39, 0.29) is 17.5 Å². The van der Waals surface area contributed by atoms with E-state index in [0.717, 1.165) is 0 Å². The number of carbonyl (C=O) groups excluding carboxylic acids is 1. The Hall–Kier alpha value is -2.62. The largest absolute Gasteiger partial charge is 0.380 e. The van der Waals surface area contributed by atoms with Crippen LogP contribution in [0, 0.1) is 27.4 Å². The van der Waals surface area contributed by atoms with Crippen molar-refractivity contribution in [2.24, 2.45) is 5.92 Å². The van der Waals surface area contributed by atoms with Crippen molar-refractivity contribution >= 4 is 17.3 Å². The van der Waals surface area contributed by atoms with Gasteiger partial charge in [0.2, 0.25) is 0 Å². The first kappa shape index (κ1) is 16.4. The number of anilines is 1. The molecule has 1 amide bonds. The molecule has 0 spiro atoms. The van der Waals surface area contributed by atoms with E-state index >= 15 is 0 Å². The summed E-state index contributed by atoms with van der Waals surface area (Å²) in [7, 11) is 1.60. The molecule has 21 heavy (non-hydrogen) atoms. The fourth-order valence-corrected chi connectivity index (χ4v) is 1.92. The number of nitrogens with zero attached hydrogens (tertiary/aromatic N) is 3. The standard InChI is InChI=1S/C14H18N4O3/c1-4-16-12-7-11(5-6-13(12)18(20)21)14(19)17(3)9-10(2)8-15/h5-7,10,16H,4,9H2,1-3H3. The lowest BCUT2D eigenvalue weighted by Gasteiger charge is -2.18. The summed E-state index contributed by atoms with van der Waals surface area (Å²) in [5.41, 5.74) is 0.598. The third-order valence-corrected chi connectivity index (χ3v) is 2.92. The van der Waals surface area contributed by atoms with E-state index in [0.29, 0.717) is 24.3 Å². The van der Waals surface area contributed by atoms with E-state index in [1.54, 1.807) is 14.0 Å². The van der Waals surface area contributed by atoms with Gasteiger partial charge in [-0.15, -0.1) is 0 Å². The average molecular weight is 290 g/mol. The van der Waals surface area contributed by atoms with Gasteiger partial charge in [0.1, 0.15) is 5.69 Å². The number of amides is 1. The van der Waals surface area contributed by atoms with Gasteiger partial charge in [0.25, 0.3) is 11.6 Å². The lowest BCUT2D eigenvalue weighted by Crippen LogP contribution is -2.30. The molecular weight excluding hydrogens is 272 g/mol. The van der Waals surface area contributed by atoms with E-state index in [1.807, 2.05) is 6.92 Å². The summed E-state index contributed by atoms with van der Waals surface area (Å²) in [5.74, 6) is -0.545. The van der Waals surface area contributed by atoms with E-state index in [1.165, 1.54) is 23.1 Å². The third kappa shape index (κ3) is 4.18. The van der Waals surface area contributed by atoms with Crippen LogP contribution >= 0.6 is 0 Å². The molecule has 0 aliphatic carbocycles. The summed E-state index contributed by atoms with van der Waals surface area (Å²) < 4.78 is 0. The van der Waals surface area contributed by atoms with Gasteiger partial charge in [-0.3, -0.25) is 14.9 Å². The Morgan fingerprint density at radius 3 is 2.76 bits per heavy atom. The highest BCUT2D eigenvalue weighted by Crippen LogP contribution is 2.25. The maximum Gasteiger partial charge on any atom is 0.292 e. The zero-order valence-electron chi connectivity index (χ0n) is 12.3. The van der Waals surface area contributed by atoms with Gasteiger partial charge in [-0.05, 0) is 26.0 Å². The maximum atomic E-state index is 12.3. The second-order valence-electron chi connectivity index (χ2n) is 4.74. The molecule has 1 aromatic carbocycles. The normalized spacial score (nSPS) is 11.3. The number of hydrogen-bond donors (Lipinski definition) is 1. The van der Waals surface area contributed by atoms with Crippen LogP contribution in [0.2, 0.25) is 0 Å². The molecule has 1 N–H and O–H groups in total. The molecule has 0 aliphatic heterocycles. The Kier molecular flexibility index (Phi) is 5.67. The lowest BCUT2D eigenvalue weighted by atomic mass is 10.1. The molecular formula is C14H18N4O3. The van der Waals surface area contributed by atoms with Crippen LogP contribution in [0.3, 0.4) is 0 Å². The molecule has 0 radical (unpaired) electrons. The molecule has 1 aromatic rings. The highest BCUT2D eigenvalue weighted by Gasteiger charge is 2.19. The summed E-state index contributed by atoms with van der Waals surface area (Å²) in [6.07, 6.45) is 0. The Morgan fingerprint density at radius 1 is 1.57 bits per heavy atom. The highest BCUT2D eigenvalue weighted by molar-refractivity contribution is 5.95. The number of nitriles is 1. The van der Waals surface area contributed by atoms with Gasteiger partial charge in [-0.25, -0.2) is 0 Å². The quantitative estimate of drug-likeness (QED) is 0.640. The molecule has 0 aromatic heterocycles. The van der Waals surface area contributed by atoms with Crippen molar-refractivity contribution in [3.05, 3.63) is 33.9 Å². The van der Waals surface area contributed by atoms with Crippen molar-refractivity contribution in [3.8, 4) is 6.07 Å². The Labute approximate surface area is 123 Å². The van der Waals surface area contributed by atoms with E-state index in [9.17, 15) is 14.9 Å². The van der Waals surface area contributed by atoms with Crippen LogP contribution in [0.15, 0.2) is 18.2 Å². The fraction of sp³-hybridized carbons (Fsp3) is 0.429. The number of nitro groups is 1. The maximum absolute atomic E-state index is 12.3. The first-order valence-corrected chi connectivity index (χ1v) is 6.58.